The maximum absolute atomic E-state index is 13.0. The average molecular weight is 383 g/mol. The highest BCUT2D eigenvalue weighted by atomic mass is 32.1. The molecule has 1 saturated heterocycles. The van der Waals surface area contributed by atoms with Gasteiger partial charge < -0.3 is 10.1 Å². The lowest BCUT2D eigenvalue weighted by Crippen LogP contribution is -2.55. The molecule has 0 atom stereocenters. The standard InChI is InChI=1S/C20H35N3O2S/c1-14(2)19(3,4)16-13-17(26-23(16)8)21-18(24)20(5,6)22(7)15-9-11-25-12-10-15/h13-15H,9-12H2,1-8H3/p+1. The van der Waals surface area contributed by atoms with Crippen LogP contribution in [-0.2, 0) is 22.0 Å². The van der Waals surface area contributed by atoms with Crippen LogP contribution < -0.4 is 9.27 Å². The molecule has 0 saturated carbocycles. The molecule has 1 amide bonds. The lowest BCUT2D eigenvalue weighted by molar-refractivity contribution is -0.613. The van der Waals surface area contributed by atoms with Crippen LogP contribution in [0.1, 0.15) is 60.1 Å². The van der Waals surface area contributed by atoms with E-state index < -0.39 is 5.54 Å². The van der Waals surface area contributed by atoms with Crippen LogP contribution in [0.5, 0.6) is 0 Å². The molecule has 26 heavy (non-hydrogen) atoms. The second kappa shape index (κ2) is 7.95. The number of nitrogens with one attached hydrogen (secondary N) is 1. The Kier molecular flexibility index (Phi) is 6.52. The number of likely N-dealkylation sites (N-methyl/N-ethyl adjacent to an activating group) is 1. The number of aromatic nitrogens is 1. The Morgan fingerprint density at radius 2 is 1.88 bits per heavy atom. The Morgan fingerprint density at radius 3 is 2.42 bits per heavy atom. The zero-order valence-electron chi connectivity index (χ0n) is 17.7. The molecular weight excluding hydrogens is 346 g/mol. The molecule has 6 heteroatoms. The fourth-order valence-electron chi connectivity index (χ4n) is 3.34. The predicted molar refractivity (Wildman–Crippen MR) is 108 cm³/mol. The van der Waals surface area contributed by atoms with E-state index in [0.29, 0.717) is 12.0 Å². The fraction of sp³-hybridized carbons (Fsp3) is 0.800. The Bertz CT molecular complexity index is 631. The first-order valence-electron chi connectivity index (χ1n) is 9.61. The summed E-state index contributed by atoms with van der Waals surface area (Å²) in [6.07, 6.45) is 1.96. The van der Waals surface area contributed by atoms with Crippen molar-refractivity contribution in [3.05, 3.63) is 11.8 Å². The normalized spacial score (nSPS) is 17.2. The van der Waals surface area contributed by atoms with Gasteiger partial charge in [0.05, 0.1) is 11.0 Å². The van der Waals surface area contributed by atoms with E-state index in [1.54, 1.807) is 11.5 Å². The number of amides is 1. The summed E-state index contributed by atoms with van der Waals surface area (Å²) in [4.78, 5) is 15.2. The van der Waals surface area contributed by atoms with Crippen molar-refractivity contribution < 1.29 is 13.5 Å². The van der Waals surface area contributed by atoms with Crippen molar-refractivity contribution in [3.8, 4) is 0 Å². The third-order valence-electron chi connectivity index (χ3n) is 6.36. The molecule has 0 aliphatic carbocycles. The summed E-state index contributed by atoms with van der Waals surface area (Å²) in [5.74, 6) is 0.560. The van der Waals surface area contributed by atoms with Crippen molar-refractivity contribution in [2.24, 2.45) is 13.0 Å². The van der Waals surface area contributed by atoms with Crippen molar-refractivity contribution in [2.75, 3.05) is 25.6 Å². The molecule has 5 nitrogen and oxygen atoms in total. The van der Waals surface area contributed by atoms with E-state index in [9.17, 15) is 4.79 Å². The third-order valence-corrected chi connectivity index (χ3v) is 7.25. The summed E-state index contributed by atoms with van der Waals surface area (Å²) in [6, 6.07) is 2.52. The van der Waals surface area contributed by atoms with Gasteiger partial charge in [-0.25, -0.2) is 0 Å². The highest BCUT2D eigenvalue weighted by Crippen LogP contribution is 2.33. The van der Waals surface area contributed by atoms with Crippen LogP contribution in [0.3, 0.4) is 0 Å². The first-order chi connectivity index (χ1) is 12.0. The Morgan fingerprint density at radius 1 is 1.31 bits per heavy atom. The molecule has 1 fully saturated rings. The molecule has 1 aliphatic rings. The number of rotatable bonds is 6. The van der Waals surface area contributed by atoms with Crippen molar-refractivity contribution in [2.45, 2.75) is 71.4 Å². The minimum absolute atomic E-state index is 0.0437. The zero-order chi connectivity index (χ0) is 19.7. The number of anilines is 1. The molecule has 0 radical (unpaired) electrons. The van der Waals surface area contributed by atoms with Crippen molar-refractivity contribution in [1.29, 1.82) is 0 Å². The Balaban J connectivity index is 2.13. The third kappa shape index (κ3) is 4.29. The monoisotopic (exact) mass is 382 g/mol. The molecule has 0 unspecified atom stereocenters. The zero-order valence-corrected chi connectivity index (χ0v) is 18.5. The van der Waals surface area contributed by atoms with E-state index in [4.69, 9.17) is 4.74 Å². The molecule has 1 aliphatic heterocycles. The van der Waals surface area contributed by atoms with Crippen LogP contribution in [0.25, 0.3) is 0 Å². The molecule has 2 rings (SSSR count). The van der Waals surface area contributed by atoms with Crippen molar-refractivity contribution in [3.63, 3.8) is 0 Å². The van der Waals surface area contributed by atoms with Gasteiger partial charge in [0.15, 0.2) is 23.6 Å². The van der Waals surface area contributed by atoms with Gasteiger partial charge in [-0.05, 0) is 53.5 Å². The molecule has 0 spiro atoms. The smallest absolute Gasteiger partial charge is 0.245 e. The van der Waals surface area contributed by atoms with Crippen molar-refractivity contribution in [1.82, 2.24) is 4.90 Å². The topological polar surface area (TPSA) is 45.5 Å². The van der Waals surface area contributed by atoms with Crippen LogP contribution in [-0.4, -0.2) is 42.6 Å². The van der Waals surface area contributed by atoms with Gasteiger partial charge in [-0.1, -0.05) is 13.8 Å². The van der Waals surface area contributed by atoms with Gasteiger partial charge in [-0.3, -0.25) is 9.69 Å². The predicted octanol–water partition coefficient (Wildman–Crippen LogP) is 3.33. The van der Waals surface area contributed by atoms with Crippen LogP contribution in [0.2, 0.25) is 0 Å². The van der Waals surface area contributed by atoms with Gasteiger partial charge in [0, 0.05) is 25.3 Å². The summed E-state index contributed by atoms with van der Waals surface area (Å²) in [5, 5.41) is 4.07. The quantitative estimate of drug-likeness (QED) is 0.768. The minimum Gasteiger partial charge on any atom is -0.381 e. The number of nitrogens with zero attached hydrogens (tertiary/aromatic N) is 2. The molecule has 2 heterocycles. The number of aryl methyl sites for hydroxylation is 1. The number of hydrogen-bond donors (Lipinski definition) is 1. The number of carbonyl (C=O) groups excluding carboxylic acids is 1. The van der Waals surface area contributed by atoms with Gasteiger partial charge in [0.25, 0.3) is 0 Å². The lowest BCUT2D eigenvalue weighted by Gasteiger charge is -2.41. The number of ether oxygens (including phenoxy) is 1. The van der Waals surface area contributed by atoms with Crippen LogP contribution in [0, 0.1) is 5.92 Å². The fourth-order valence-corrected chi connectivity index (χ4v) is 4.32. The summed E-state index contributed by atoms with van der Waals surface area (Å²) in [6.45, 7) is 14.6. The van der Waals surface area contributed by atoms with Gasteiger partial charge >= 0.3 is 0 Å². The van der Waals surface area contributed by atoms with E-state index in [1.807, 2.05) is 13.8 Å². The first kappa shape index (κ1) is 21.3. The second-order valence-electron chi connectivity index (χ2n) is 8.83. The lowest BCUT2D eigenvalue weighted by atomic mass is 9.78. The molecule has 1 N–H and O–H groups in total. The van der Waals surface area contributed by atoms with E-state index in [-0.39, 0.29) is 11.3 Å². The van der Waals surface area contributed by atoms with Crippen LogP contribution >= 0.6 is 11.5 Å². The summed E-state index contributed by atoms with van der Waals surface area (Å²) < 4.78 is 7.63. The SMILES string of the molecule is CC(C)C(C)(C)c1cc(NC(=O)C(C)(C)N(C)C2CCOCC2)s[n+]1C. The summed E-state index contributed by atoms with van der Waals surface area (Å²) in [7, 11) is 4.12. The van der Waals surface area contributed by atoms with Gasteiger partial charge in [-0.15, -0.1) is 3.96 Å². The maximum Gasteiger partial charge on any atom is 0.245 e. The Hall–Kier alpha value is -0.980. The van der Waals surface area contributed by atoms with Crippen LogP contribution in [0.4, 0.5) is 5.00 Å². The van der Waals surface area contributed by atoms with Gasteiger partial charge in [-0.2, -0.15) is 0 Å². The maximum atomic E-state index is 13.0. The highest BCUT2D eigenvalue weighted by Gasteiger charge is 2.39. The van der Waals surface area contributed by atoms with E-state index in [2.05, 4.69) is 62.0 Å². The van der Waals surface area contributed by atoms with Gasteiger partial charge in [0.1, 0.15) is 0 Å². The molecule has 148 valence electrons. The van der Waals surface area contributed by atoms with E-state index >= 15 is 0 Å². The highest BCUT2D eigenvalue weighted by molar-refractivity contribution is 7.06. The second-order valence-corrected chi connectivity index (χ2v) is 10.00. The van der Waals surface area contributed by atoms with Crippen LogP contribution in [0.15, 0.2) is 6.07 Å². The largest absolute Gasteiger partial charge is 0.381 e. The number of carbonyl (C=O) groups is 1. The molecule has 0 bridgehead atoms. The Labute approximate surface area is 162 Å². The molecule has 1 aromatic rings. The average Bonchev–Trinajstić information content (AvgIpc) is 2.95. The molecule has 1 aromatic heterocycles. The molecular formula is C20H36N3O2S+. The summed E-state index contributed by atoms with van der Waals surface area (Å²) >= 11 is 1.60. The van der Waals surface area contributed by atoms with Gasteiger partial charge in [0.2, 0.25) is 11.6 Å². The number of hydrogen-bond acceptors (Lipinski definition) is 4. The van der Waals surface area contributed by atoms with Crippen molar-refractivity contribution >= 4 is 22.4 Å². The van der Waals surface area contributed by atoms with E-state index in [1.165, 1.54) is 5.69 Å². The molecule has 0 aromatic carbocycles. The minimum atomic E-state index is -0.571. The van der Waals surface area contributed by atoms with E-state index in [0.717, 1.165) is 31.1 Å². The first-order valence-corrected chi connectivity index (χ1v) is 10.4. The summed E-state index contributed by atoms with van der Waals surface area (Å²) in [5.41, 5.74) is 0.740.